The molecule has 1 fully saturated rings. The first-order valence-corrected chi connectivity index (χ1v) is 8.45. The Morgan fingerprint density at radius 1 is 1.29 bits per heavy atom. The fraction of sp³-hybridized carbons (Fsp3) is 0.500. The second-order valence-electron chi connectivity index (χ2n) is 5.52. The van der Waals surface area contributed by atoms with Gasteiger partial charge in [-0.2, -0.15) is 0 Å². The smallest absolute Gasteiger partial charge is 0.142 e. The minimum absolute atomic E-state index is 0.247. The summed E-state index contributed by atoms with van der Waals surface area (Å²) in [6.45, 7) is 2.13. The van der Waals surface area contributed by atoms with Crippen molar-refractivity contribution in [3.63, 3.8) is 0 Å². The van der Waals surface area contributed by atoms with Crippen molar-refractivity contribution in [2.75, 3.05) is 13.2 Å². The molecule has 112 valence electrons. The molecule has 1 aliphatic rings. The molecule has 4 nitrogen and oxygen atoms in total. The highest BCUT2D eigenvalue weighted by Gasteiger charge is 2.21. The Kier molecular flexibility index (Phi) is 4.95. The van der Waals surface area contributed by atoms with Crippen LogP contribution in [-0.4, -0.2) is 39.2 Å². The van der Waals surface area contributed by atoms with E-state index in [4.69, 9.17) is 4.98 Å². The number of hydrogen-bond donors (Lipinski definition) is 1. The molecule has 3 rings (SSSR count). The molecular formula is C16H21N3OS. The zero-order valence-corrected chi connectivity index (χ0v) is 12.9. The summed E-state index contributed by atoms with van der Waals surface area (Å²) in [5.74, 6) is 0. The minimum Gasteiger partial charge on any atom is -0.395 e. The molecule has 1 unspecified atom stereocenters. The predicted octanol–water partition coefficient (Wildman–Crippen LogP) is 2.94. The molecular weight excluding hydrogens is 282 g/mol. The van der Waals surface area contributed by atoms with Crippen molar-refractivity contribution in [2.24, 2.45) is 0 Å². The molecule has 0 bridgehead atoms. The molecule has 3 heterocycles. The lowest BCUT2D eigenvalue weighted by Gasteiger charge is -2.27. The number of aliphatic hydroxyl groups is 1. The Labute approximate surface area is 129 Å². The number of rotatable bonds is 4. The number of aliphatic hydroxyl groups excluding tert-OH is 1. The highest BCUT2D eigenvalue weighted by atomic mass is 32.1. The average Bonchev–Trinajstić information content (AvgIpc) is 2.88. The summed E-state index contributed by atoms with van der Waals surface area (Å²) in [7, 11) is 0. The van der Waals surface area contributed by atoms with Gasteiger partial charge in [0.2, 0.25) is 0 Å². The van der Waals surface area contributed by atoms with Gasteiger partial charge in [0.1, 0.15) is 5.01 Å². The molecule has 1 saturated heterocycles. The van der Waals surface area contributed by atoms with Gasteiger partial charge in [-0.1, -0.05) is 18.9 Å². The molecule has 0 aromatic carbocycles. The first kappa shape index (κ1) is 14.6. The Hall–Kier alpha value is -1.30. The molecule has 1 aliphatic heterocycles. The molecule has 0 amide bonds. The molecule has 1 atom stereocenters. The van der Waals surface area contributed by atoms with E-state index >= 15 is 0 Å². The van der Waals surface area contributed by atoms with Crippen molar-refractivity contribution in [1.82, 2.24) is 14.9 Å². The Bertz CT molecular complexity index is 558. The standard InChI is InChI=1S/C16H21N3OS/c20-11-14-6-2-1-5-9-19(14)10-13-12-21-16(18-13)15-7-3-4-8-17-15/h3-4,7-8,12,14,20H,1-2,5-6,9-11H2. The fourth-order valence-corrected chi connectivity index (χ4v) is 3.63. The zero-order valence-electron chi connectivity index (χ0n) is 12.1. The largest absolute Gasteiger partial charge is 0.395 e. The van der Waals surface area contributed by atoms with Crippen LogP contribution in [0.2, 0.25) is 0 Å². The van der Waals surface area contributed by atoms with Crippen molar-refractivity contribution >= 4 is 11.3 Å². The molecule has 1 N–H and O–H groups in total. The first-order chi connectivity index (χ1) is 10.4. The van der Waals surface area contributed by atoms with Gasteiger partial charge in [-0.25, -0.2) is 4.98 Å². The van der Waals surface area contributed by atoms with Crippen LogP contribution in [0.25, 0.3) is 10.7 Å². The highest BCUT2D eigenvalue weighted by molar-refractivity contribution is 7.13. The molecule has 5 heteroatoms. The lowest BCUT2D eigenvalue weighted by molar-refractivity contribution is 0.117. The van der Waals surface area contributed by atoms with E-state index in [0.29, 0.717) is 0 Å². The lowest BCUT2D eigenvalue weighted by Crippen LogP contribution is -2.37. The number of likely N-dealkylation sites (tertiary alicyclic amines) is 1. The van der Waals surface area contributed by atoms with Crippen LogP contribution in [0.5, 0.6) is 0 Å². The number of aromatic nitrogens is 2. The molecule has 0 radical (unpaired) electrons. The van der Waals surface area contributed by atoms with E-state index in [1.54, 1.807) is 17.5 Å². The van der Waals surface area contributed by atoms with Crippen molar-refractivity contribution in [3.05, 3.63) is 35.5 Å². The van der Waals surface area contributed by atoms with Crippen molar-refractivity contribution in [3.8, 4) is 10.7 Å². The molecule has 2 aromatic rings. The molecule has 21 heavy (non-hydrogen) atoms. The molecule has 0 saturated carbocycles. The number of thiazole rings is 1. The van der Waals surface area contributed by atoms with Crippen LogP contribution >= 0.6 is 11.3 Å². The first-order valence-electron chi connectivity index (χ1n) is 7.57. The third-order valence-electron chi connectivity index (χ3n) is 4.01. The summed E-state index contributed by atoms with van der Waals surface area (Å²) in [6.07, 6.45) is 6.59. The average molecular weight is 303 g/mol. The van der Waals surface area contributed by atoms with Gasteiger partial charge in [0.05, 0.1) is 18.0 Å². The zero-order chi connectivity index (χ0) is 14.5. The van der Waals surface area contributed by atoms with E-state index < -0.39 is 0 Å². The van der Waals surface area contributed by atoms with Crippen LogP contribution in [0, 0.1) is 0 Å². The summed E-state index contributed by atoms with van der Waals surface area (Å²) in [6, 6.07) is 6.18. The SMILES string of the molecule is OCC1CCCCCN1Cc1csc(-c2ccccn2)n1. The van der Waals surface area contributed by atoms with Gasteiger partial charge in [0.15, 0.2) is 0 Å². The van der Waals surface area contributed by atoms with Crippen LogP contribution < -0.4 is 0 Å². The summed E-state index contributed by atoms with van der Waals surface area (Å²) in [5, 5.41) is 12.7. The lowest BCUT2D eigenvalue weighted by atomic mass is 10.1. The normalized spacial score (nSPS) is 20.3. The van der Waals surface area contributed by atoms with Gasteiger partial charge >= 0.3 is 0 Å². The fourth-order valence-electron chi connectivity index (χ4n) is 2.85. The summed E-state index contributed by atoms with van der Waals surface area (Å²) in [4.78, 5) is 11.4. The molecule has 0 aliphatic carbocycles. The minimum atomic E-state index is 0.247. The van der Waals surface area contributed by atoms with Crippen LogP contribution in [0.4, 0.5) is 0 Å². The second kappa shape index (κ2) is 7.11. The predicted molar refractivity (Wildman–Crippen MR) is 85.1 cm³/mol. The van der Waals surface area contributed by atoms with E-state index in [9.17, 15) is 5.11 Å². The number of hydrogen-bond acceptors (Lipinski definition) is 5. The molecule has 0 spiro atoms. The van der Waals surface area contributed by atoms with Crippen molar-refractivity contribution in [2.45, 2.75) is 38.3 Å². The number of nitrogens with zero attached hydrogens (tertiary/aromatic N) is 3. The van der Waals surface area contributed by atoms with Gasteiger partial charge < -0.3 is 5.11 Å². The van der Waals surface area contributed by atoms with Gasteiger partial charge in [0.25, 0.3) is 0 Å². The van der Waals surface area contributed by atoms with Gasteiger partial charge in [-0.3, -0.25) is 9.88 Å². The van der Waals surface area contributed by atoms with Crippen LogP contribution in [-0.2, 0) is 6.54 Å². The maximum Gasteiger partial charge on any atom is 0.142 e. The van der Waals surface area contributed by atoms with Crippen LogP contribution in [0.15, 0.2) is 29.8 Å². The van der Waals surface area contributed by atoms with Crippen LogP contribution in [0.3, 0.4) is 0 Å². The summed E-state index contributed by atoms with van der Waals surface area (Å²) >= 11 is 1.64. The van der Waals surface area contributed by atoms with E-state index in [-0.39, 0.29) is 12.6 Å². The van der Waals surface area contributed by atoms with Crippen LogP contribution in [0.1, 0.15) is 31.4 Å². The maximum absolute atomic E-state index is 9.58. The topological polar surface area (TPSA) is 49.2 Å². The van der Waals surface area contributed by atoms with Crippen molar-refractivity contribution < 1.29 is 5.11 Å². The Morgan fingerprint density at radius 3 is 3.05 bits per heavy atom. The van der Waals surface area contributed by atoms with E-state index in [1.165, 1.54) is 19.3 Å². The van der Waals surface area contributed by atoms with E-state index in [0.717, 1.165) is 35.9 Å². The summed E-state index contributed by atoms with van der Waals surface area (Å²) in [5.41, 5.74) is 2.02. The number of pyridine rings is 1. The Morgan fingerprint density at radius 2 is 2.24 bits per heavy atom. The monoisotopic (exact) mass is 303 g/mol. The van der Waals surface area contributed by atoms with Gasteiger partial charge in [-0.15, -0.1) is 11.3 Å². The van der Waals surface area contributed by atoms with E-state index in [1.807, 2.05) is 18.2 Å². The molecule has 2 aromatic heterocycles. The third kappa shape index (κ3) is 3.67. The third-order valence-corrected chi connectivity index (χ3v) is 4.92. The quantitative estimate of drug-likeness (QED) is 0.943. The van der Waals surface area contributed by atoms with Crippen molar-refractivity contribution in [1.29, 1.82) is 0 Å². The van der Waals surface area contributed by atoms with Gasteiger partial charge in [0, 0.05) is 24.2 Å². The maximum atomic E-state index is 9.58. The second-order valence-corrected chi connectivity index (χ2v) is 6.37. The van der Waals surface area contributed by atoms with E-state index in [2.05, 4.69) is 15.3 Å². The van der Waals surface area contributed by atoms with Gasteiger partial charge in [-0.05, 0) is 31.5 Å². The highest BCUT2D eigenvalue weighted by Crippen LogP contribution is 2.24. The Balaban J connectivity index is 1.71. The summed E-state index contributed by atoms with van der Waals surface area (Å²) < 4.78 is 0.